The molecule has 2 N–H and O–H groups in total. The van der Waals surface area contributed by atoms with Gasteiger partial charge in [-0.2, -0.15) is 8.78 Å². The molecular formula is C19H10F8N2O5. The van der Waals surface area contributed by atoms with Crippen LogP contribution in [0.3, 0.4) is 0 Å². The third kappa shape index (κ3) is 4.32. The van der Waals surface area contributed by atoms with Crippen LogP contribution in [0.5, 0.6) is 5.75 Å². The molecule has 0 spiro atoms. The summed E-state index contributed by atoms with van der Waals surface area (Å²) in [5, 5.41) is 10.6. The van der Waals surface area contributed by atoms with Gasteiger partial charge in [-0.15, -0.1) is 0 Å². The minimum absolute atomic E-state index is 0.0178. The number of amides is 2. The van der Waals surface area contributed by atoms with Gasteiger partial charge < -0.3 is 15.2 Å². The molecule has 34 heavy (non-hydrogen) atoms. The first-order valence-electron chi connectivity index (χ1n) is 8.98. The minimum atomic E-state index is -4.62. The molecule has 0 aromatic heterocycles. The molecule has 1 heterocycles. The Morgan fingerprint density at radius 1 is 0.971 bits per heavy atom. The van der Waals surface area contributed by atoms with Crippen molar-refractivity contribution in [1.82, 2.24) is 5.32 Å². The van der Waals surface area contributed by atoms with Crippen LogP contribution in [0.2, 0.25) is 0 Å². The number of nitrogens with zero attached hydrogens (tertiary/aromatic N) is 1. The van der Waals surface area contributed by atoms with E-state index in [0.29, 0.717) is 6.07 Å². The summed E-state index contributed by atoms with van der Waals surface area (Å²) in [4.78, 5) is 34.6. The van der Waals surface area contributed by atoms with E-state index in [0.717, 1.165) is 0 Å². The molecule has 0 bridgehead atoms. The molecule has 0 saturated heterocycles. The molecule has 3 rings (SSSR count). The fourth-order valence-electron chi connectivity index (χ4n) is 2.98. The van der Waals surface area contributed by atoms with E-state index in [9.17, 15) is 49.5 Å². The Morgan fingerprint density at radius 3 is 2.09 bits per heavy atom. The van der Waals surface area contributed by atoms with Gasteiger partial charge in [0, 0.05) is 18.2 Å². The zero-order chi connectivity index (χ0) is 25.5. The first-order chi connectivity index (χ1) is 15.8. The number of hydrogen-bond acceptors (Lipinski definition) is 4. The third-order valence-electron chi connectivity index (χ3n) is 4.51. The Hall–Kier alpha value is -3.91. The van der Waals surface area contributed by atoms with E-state index in [1.165, 1.54) is 0 Å². The Labute approximate surface area is 183 Å². The lowest BCUT2D eigenvalue weighted by Crippen LogP contribution is -2.53. The van der Waals surface area contributed by atoms with Crippen molar-refractivity contribution in [2.75, 3.05) is 18.0 Å². The Balaban J connectivity index is 2.12. The van der Waals surface area contributed by atoms with Gasteiger partial charge in [-0.3, -0.25) is 19.3 Å². The fraction of sp³-hybridized carbons (Fsp3) is 0.211. The first-order valence-corrected chi connectivity index (χ1v) is 8.98. The van der Waals surface area contributed by atoms with Crippen LogP contribution in [-0.4, -0.2) is 42.1 Å². The second-order valence-electron chi connectivity index (χ2n) is 6.75. The van der Waals surface area contributed by atoms with Crippen molar-refractivity contribution in [2.45, 2.75) is 12.5 Å². The predicted molar refractivity (Wildman–Crippen MR) is 94.8 cm³/mol. The summed E-state index contributed by atoms with van der Waals surface area (Å²) in [5.41, 5.74) is -3.93. The zero-order valence-electron chi connectivity index (χ0n) is 16.3. The average Bonchev–Trinajstić information content (AvgIpc) is 2.74. The van der Waals surface area contributed by atoms with Gasteiger partial charge in [0.25, 0.3) is 0 Å². The van der Waals surface area contributed by atoms with Crippen molar-refractivity contribution in [2.24, 2.45) is 0 Å². The van der Waals surface area contributed by atoms with Crippen LogP contribution in [-0.2, 0) is 14.4 Å². The van der Waals surface area contributed by atoms with Gasteiger partial charge in [0.15, 0.2) is 29.0 Å². The number of carboxylic acids is 1. The van der Waals surface area contributed by atoms with E-state index in [-0.39, 0.29) is 11.0 Å². The maximum atomic E-state index is 14.5. The van der Waals surface area contributed by atoms with E-state index in [4.69, 9.17) is 5.11 Å². The van der Waals surface area contributed by atoms with Crippen molar-refractivity contribution >= 4 is 23.5 Å². The van der Waals surface area contributed by atoms with E-state index < -0.39 is 101 Å². The molecule has 0 radical (unpaired) electrons. The second kappa shape index (κ2) is 8.79. The Bertz CT molecular complexity index is 1190. The molecule has 2 amide bonds. The lowest BCUT2D eigenvalue weighted by atomic mass is 10.0. The van der Waals surface area contributed by atoms with Crippen molar-refractivity contribution in [3.05, 3.63) is 47.0 Å². The molecule has 2 aromatic rings. The maximum absolute atomic E-state index is 14.5. The van der Waals surface area contributed by atoms with Crippen LogP contribution < -0.4 is 15.0 Å². The fourth-order valence-corrected chi connectivity index (χ4v) is 2.98. The van der Waals surface area contributed by atoms with Gasteiger partial charge in [0.2, 0.25) is 11.7 Å². The molecule has 1 aliphatic rings. The van der Waals surface area contributed by atoms with Gasteiger partial charge in [-0.1, -0.05) is 0 Å². The number of fused-ring (bicyclic) bond motifs is 1. The normalized spacial score (nSPS) is 14.5. The number of rotatable bonds is 6. The lowest BCUT2D eigenvalue weighted by Gasteiger charge is -2.33. The summed E-state index contributed by atoms with van der Waals surface area (Å²) in [6, 6.07) is 0.402. The van der Waals surface area contributed by atoms with E-state index in [2.05, 4.69) is 4.74 Å². The number of aliphatic carboxylic acids is 1. The molecule has 0 saturated carbocycles. The quantitative estimate of drug-likeness (QED) is 0.363. The number of carbonyl (C=O) groups is 3. The smallest absolute Gasteiger partial charge is 0.481 e. The highest BCUT2D eigenvalue weighted by Crippen LogP contribution is 2.44. The molecule has 7 nitrogen and oxygen atoms in total. The summed E-state index contributed by atoms with van der Waals surface area (Å²) < 4.78 is 115. The topological polar surface area (TPSA) is 95.9 Å². The molecule has 0 fully saturated rings. The van der Waals surface area contributed by atoms with Crippen molar-refractivity contribution in [3.63, 3.8) is 0 Å². The first kappa shape index (κ1) is 24.7. The summed E-state index contributed by atoms with van der Waals surface area (Å²) in [7, 11) is 0. The van der Waals surface area contributed by atoms with Crippen LogP contribution in [0.15, 0.2) is 12.1 Å². The van der Waals surface area contributed by atoms with Crippen molar-refractivity contribution < 1.29 is 59.4 Å². The number of carboxylic acid groups (broad SMARTS) is 1. The van der Waals surface area contributed by atoms with E-state index in [1.807, 2.05) is 5.32 Å². The minimum Gasteiger partial charge on any atom is -0.481 e. The van der Waals surface area contributed by atoms with Crippen molar-refractivity contribution in [1.29, 1.82) is 0 Å². The molecule has 0 aliphatic carbocycles. The van der Waals surface area contributed by atoms with Crippen LogP contribution in [0, 0.1) is 34.9 Å². The van der Waals surface area contributed by atoms with Gasteiger partial charge in [0.1, 0.15) is 12.4 Å². The van der Waals surface area contributed by atoms with Crippen LogP contribution >= 0.6 is 0 Å². The second-order valence-corrected chi connectivity index (χ2v) is 6.75. The van der Waals surface area contributed by atoms with Gasteiger partial charge in [0.05, 0.1) is 17.7 Å². The Kier molecular flexibility index (Phi) is 6.40. The molecule has 0 atom stereocenters. The molecule has 2 aromatic carbocycles. The summed E-state index contributed by atoms with van der Waals surface area (Å²) in [5.74, 6) is -19.8. The van der Waals surface area contributed by atoms with E-state index in [1.54, 1.807) is 0 Å². The number of carbonyl (C=O) groups excluding carboxylic acids is 2. The van der Waals surface area contributed by atoms with Gasteiger partial charge in [-0.25, -0.2) is 26.3 Å². The average molecular weight is 498 g/mol. The lowest BCUT2D eigenvalue weighted by molar-refractivity contribution is -0.192. The number of benzene rings is 2. The summed E-state index contributed by atoms with van der Waals surface area (Å²) in [6.07, 6.45) is -5.18. The molecule has 15 heteroatoms. The van der Waals surface area contributed by atoms with Crippen LogP contribution in [0.4, 0.5) is 40.8 Å². The third-order valence-corrected chi connectivity index (χ3v) is 4.51. The molecule has 1 aliphatic heterocycles. The number of alkyl halides is 2. The molecular weight excluding hydrogens is 488 g/mol. The molecule has 182 valence electrons. The number of nitrogens with one attached hydrogen (secondary N) is 1. The monoisotopic (exact) mass is 498 g/mol. The zero-order valence-corrected chi connectivity index (χ0v) is 16.3. The largest absolute Gasteiger partial charge is 0.482 e. The highest BCUT2D eigenvalue weighted by Gasteiger charge is 2.51. The van der Waals surface area contributed by atoms with Crippen LogP contribution in [0.25, 0.3) is 11.1 Å². The van der Waals surface area contributed by atoms with Gasteiger partial charge in [-0.05, 0) is 6.07 Å². The van der Waals surface area contributed by atoms with E-state index >= 15 is 0 Å². The number of ether oxygens (including phenoxy) is 1. The maximum Gasteiger partial charge on any atom is 0.482 e. The highest BCUT2D eigenvalue weighted by molar-refractivity contribution is 6.05. The highest BCUT2D eigenvalue weighted by atomic mass is 19.3. The van der Waals surface area contributed by atoms with Crippen LogP contribution in [0.1, 0.15) is 6.42 Å². The SMILES string of the molecule is O=C(O)CCNC(=O)CN1C(=O)C(F)(F)Oc2cc(F)c(-c3c(F)c(F)c(F)c(F)c3F)cc21. The Morgan fingerprint density at radius 2 is 1.53 bits per heavy atom. The number of hydrogen-bond donors (Lipinski definition) is 2. The number of anilines is 1. The molecule has 0 unspecified atom stereocenters. The summed E-state index contributed by atoms with van der Waals surface area (Å²) >= 11 is 0. The van der Waals surface area contributed by atoms with Gasteiger partial charge >= 0.3 is 18.0 Å². The number of halogens is 8. The van der Waals surface area contributed by atoms with Crippen molar-refractivity contribution in [3.8, 4) is 16.9 Å². The standard InChI is InChI=1S/C19H10F8N2O5/c20-7-4-9-8(3-6(7)12-13(21)15(23)17(25)16(24)14(12)22)29(18(33)19(26,27)34-9)5-10(30)28-2-1-11(31)32/h3-4H,1-2,5H2,(H,28,30)(H,31,32). The summed E-state index contributed by atoms with van der Waals surface area (Å²) in [6.45, 7) is -1.68. The predicted octanol–water partition coefficient (Wildman–Crippen LogP) is 3.10.